The van der Waals surface area contributed by atoms with Gasteiger partial charge in [-0.3, -0.25) is 5.41 Å². The highest BCUT2D eigenvalue weighted by Gasteiger charge is 1.97. The molecule has 0 aromatic carbocycles. The number of nitrogens with two attached hydrogens (primary N) is 1. The van der Waals surface area contributed by atoms with Gasteiger partial charge in [0.05, 0.1) is 9.62 Å². The van der Waals surface area contributed by atoms with Gasteiger partial charge in [0, 0.05) is 6.42 Å². The van der Waals surface area contributed by atoms with Gasteiger partial charge in [-0.15, -0.1) is 11.3 Å². The molecular weight excluding hydrogens is 212 g/mol. The van der Waals surface area contributed by atoms with Crippen LogP contribution >= 0.6 is 27.3 Å². The minimum atomic E-state index is 0.213. The maximum Gasteiger partial charge on any atom is 0.0950 e. The van der Waals surface area contributed by atoms with Gasteiger partial charge in [-0.1, -0.05) is 0 Å². The number of hydrogen-bond donors (Lipinski definition) is 2. The lowest BCUT2D eigenvalue weighted by atomic mass is 10.2. The van der Waals surface area contributed by atoms with Gasteiger partial charge in [-0.25, -0.2) is 0 Å². The molecule has 1 aromatic heterocycles. The molecule has 10 heavy (non-hydrogen) atoms. The summed E-state index contributed by atoms with van der Waals surface area (Å²) in [5.74, 6) is 0.213. The second-order valence-electron chi connectivity index (χ2n) is 1.96. The Kier molecular flexibility index (Phi) is 2.45. The minimum Gasteiger partial charge on any atom is -0.387 e. The van der Waals surface area contributed by atoms with Crippen LogP contribution in [0.5, 0.6) is 0 Å². The molecule has 0 spiro atoms. The quantitative estimate of drug-likeness (QED) is 0.580. The monoisotopic (exact) mass is 218 g/mol. The Hall–Kier alpha value is -0.350. The molecular formula is C6H7BrN2S. The van der Waals surface area contributed by atoms with E-state index in [4.69, 9.17) is 11.1 Å². The molecule has 54 valence electrons. The summed E-state index contributed by atoms with van der Waals surface area (Å²) in [4.78, 5) is 0. The van der Waals surface area contributed by atoms with Gasteiger partial charge in [0.15, 0.2) is 0 Å². The summed E-state index contributed by atoms with van der Waals surface area (Å²) in [5, 5.41) is 9.00. The number of rotatable bonds is 2. The van der Waals surface area contributed by atoms with Gasteiger partial charge in [0.2, 0.25) is 0 Å². The van der Waals surface area contributed by atoms with Crippen molar-refractivity contribution < 1.29 is 0 Å². The van der Waals surface area contributed by atoms with Crippen molar-refractivity contribution in [1.29, 1.82) is 5.41 Å². The van der Waals surface area contributed by atoms with E-state index >= 15 is 0 Å². The normalized spacial score (nSPS) is 9.70. The molecule has 0 radical (unpaired) electrons. The summed E-state index contributed by atoms with van der Waals surface area (Å²) < 4.78 is 1.09. The van der Waals surface area contributed by atoms with Gasteiger partial charge in [0.25, 0.3) is 0 Å². The van der Waals surface area contributed by atoms with Crippen molar-refractivity contribution in [3.05, 3.63) is 20.8 Å². The first-order chi connectivity index (χ1) is 4.68. The molecule has 0 aliphatic rings. The van der Waals surface area contributed by atoms with E-state index in [9.17, 15) is 0 Å². The van der Waals surface area contributed by atoms with E-state index in [0.717, 1.165) is 9.35 Å². The van der Waals surface area contributed by atoms with Crippen LogP contribution in [0, 0.1) is 5.41 Å². The van der Waals surface area contributed by atoms with Crippen LogP contribution in [-0.4, -0.2) is 5.84 Å². The second kappa shape index (κ2) is 3.16. The van der Waals surface area contributed by atoms with Crippen LogP contribution in [-0.2, 0) is 6.42 Å². The summed E-state index contributed by atoms with van der Waals surface area (Å²) in [7, 11) is 0. The van der Waals surface area contributed by atoms with E-state index in [2.05, 4.69) is 15.9 Å². The molecule has 0 fully saturated rings. The molecule has 4 heteroatoms. The molecule has 3 N–H and O–H groups in total. The largest absolute Gasteiger partial charge is 0.387 e. The van der Waals surface area contributed by atoms with Gasteiger partial charge in [-0.05, 0) is 32.9 Å². The van der Waals surface area contributed by atoms with Crippen LogP contribution in [0.2, 0.25) is 0 Å². The Morgan fingerprint density at radius 2 is 2.50 bits per heavy atom. The fourth-order valence-corrected chi connectivity index (χ4v) is 1.87. The molecule has 0 bridgehead atoms. The number of amidine groups is 1. The van der Waals surface area contributed by atoms with E-state index in [1.165, 1.54) is 0 Å². The summed E-state index contributed by atoms with van der Waals surface area (Å²) in [5.41, 5.74) is 6.31. The Morgan fingerprint density at radius 1 is 1.80 bits per heavy atom. The number of thiophene rings is 1. The van der Waals surface area contributed by atoms with Crippen molar-refractivity contribution in [2.24, 2.45) is 5.73 Å². The zero-order chi connectivity index (χ0) is 7.56. The maximum atomic E-state index is 7.01. The topological polar surface area (TPSA) is 49.9 Å². The molecule has 2 nitrogen and oxygen atoms in total. The molecule has 0 atom stereocenters. The zero-order valence-corrected chi connectivity index (χ0v) is 7.63. The van der Waals surface area contributed by atoms with E-state index in [1.54, 1.807) is 11.3 Å². The van der Waals surface area contributed by atoms with Crippen LogP contribution in [0.3, 0.4) is 0 Å². The average Bonchev–Trinajstić information content (AvgIpc) is 2.13. The molecule has 1 rings (SSSR count). The van der Waals surface area contributed by atoms with Gasteiger partial charge in [-0.2, -0.15) is 0 Å². The Labute approximate surface area is 71.7 Å². The molecule has 1 heterocycles. The van der Waals surface area contributed by atoms with Gasteiger partial charge < -0.3 is 5.73 Å². The van der Waals surface area contributed by atoms with Crippen molar-refractivity contribution in [3.8, 4) is 0 Å². The first-order valence-corrected chi connectivity index (χ1v) is 4.41. The maximum absolute atomic E-state index is 7.01. The zero-order valence-electron chi connectivity index (χ0n) is 5.23. The summed E-state index contributed by atoms with van der Waals surface area (Å²) >= 11 is 4.94. The van der Waals surface area contributed by atoms with Crippen LogP contribution in [0.1, 0.15) is 5.56 Å². The van der Waals surface area contributed by atoms with E-state index < -0.39 is 0 Å². The summed E-state index contributed by atoms with van der Waals surface area (Å²) in [6.45, 7) is 0. The standard InChI is InChI=1S/C6H7BrN2S/c7-5-1-4(3-10-5)2-6(8)9/h1,3H,2H2,(H3,8,9). The minimum absolute atomic E-state index is 0.213. The van der Waals surface area contributed by atoms with Crippen molar-refractivity contribution in [2.45, 2.75) is 6.42 Å². The van der Waals surface area contributed by atoms with Gasteiger partial charge in [0.1, 0.15) is 0 Å². The molecule has 0 amide bonds. The fourth-order valence-electron chi connectivity index (χ4n) is 0.658. The van der Waals surface area contributed by atoms with E-state index in [0.29, 0.717) is 6.42 Å². The predicted molar refractivity (Wildman–Crippen MR) is 47.6 cm³/mol. The van der Waals surface area contributed by atoms with Crippen LogP contribution < -0.4 is 5.73 Å². The first-order valence-electron chi connectivity index (χ1n) is 2.74. The van der Waals surface area contributed by atoms with Gasteiger partial charge >= 0.3 is 0 Å². The third-order valence-electron chi connectivity index (χ3n) is 1.02. The van der Waals surface area contributed by atoms with Crippen molar-refractivity contribution in [3.63, 3.8) is 0 Å². The highest BCUT2D eigenvalue weighted by Crippen LogP contribution is 2.20. The summed E-state index contributed by atoms with van der Waals surface area (Å²) in [6, 6.07) is 1.98. The Bertz CT molecular complexity index is 244. The van der Waals surface area contributed by atoms with Crippen LogP contribution in [0.4, 0.5) is 0 Å². The predicted octanol–water partition coefficient (Wildman–Crippen LogP) is 1.99. The highest BCUT2D eigenvalue weighted by molar-refractivity contribution is 9.11. The SMILES string of the molecule is N=C(N)Cc1csc(Br)c1. The first kappa shape index (κ1) is 7.75. The number of hydrogen-bond acceptors (Lipinski definition) is 2. The lowest BCUT2D eigenvalue weighted by molar-refractivity contribution is 1.26. The van der Waals surface area contributed by atoms with E-state index in [1.807, 2.05) is 11.4 Å². The lowest BCUT2D eigenvalue weighted by Crippen LogP contribution is -2.11. The Balaban J connectivity index is 2.67. The fraction of sp³-hybridized carbons (Fsp3) is 0.167. The Morgan fingerprint density at radius 3 is 2.90 bits per heavy atom. The average molecular weight is 219 g/mol. The molecule has 0 aliphatic heterocycles. The highest BCUT2D eigenvalue weighted by atomic mass is 79.9. The van der Waals surface area contributed by atoms with E-state index in [-0.39, 0.29) is 5.84 Å². The third kappa shape index (κ3) is 2.11. The summed E-state index contributed by atoms with van der Waals surface area (Å²) in [6.07, 6.45) is 0.558. The van der Waals surface area contributed by atoms with Crippen molar-refractivity contribution in [1.82, 2.24) is 0 Å². The smallest absolute Gasteiger partial charge is 0.0950 e. The number of halogens is 1. The lowest BCUT2D eigenvalue weighted by Gasteiger charge is -1.90. The molecule has 1 aromatic rings. The number of nitrogens with one attached hydrogen (secondary N) is 1. The molecule has 0 aliphatic carbocycles. The third-order valence-corrected chi connectivity index (χ3v) is 2.57. The van der Waals surface area contributed by atoms with Crippen molar-refractivity contribution >= 4 is 33.1 Å². The molecule has 0 saturated heterocycles. The van der Waals surface area contributed by atoms with Crippen LogP contribution in [0.15, 0.2) is 15.2 Å². The molecule has 0 saturated carbocycles. The molecule has 0 unspecified atom stereocenters. The van der Waals surface area contributed by atoms with Crippen LogP contribution in [0.25, 0.3) is 0 Å². The van der Waals surface area contributed by atoms with Crippen molar-refractivity contribution in [2.75, 3.05) is 0 Å². The second-order valence-corrected chi connectivity index (χ2v) is 4.25.